The van der Waals surface area contributed by atoms with Crippen molar-refractivity contribution < 1.29 is 13.9 Å². The molecule has 0 saturated carbocycles. The Hall–Kier alpha value is -1.82. The van der Waals surface area contributed by atoms with Crippen LogP contribution in [0.1, 0.15) is 0 Å². The zero-order valence-electron chi connectivity index (χ0n) is 6.58. The van der Waals surface area contributed by atoms with Gasteiger partial charge in [-0.15, -0.1) is 0 Å². The number of amides is 1. The summed E-state index contributed by atoms with van der Waals surface area (Å²) in [6, 6.07) is 3.69. The zero-order valence-corrected chi connectivity index (χ0v) is 6.58. The fraction of sp³-hybridized carbons (Fsp3) is 0. The van der Waals surface area contributed by atoms with Crippen LogP contribution in [0.5, 0.6) is 5.75 Å². The Kier molecular flexibility index (Phi) is 2.65. The standard InChI is InChI=1S/C7H8FN3O2/c8-5-3-4(13-7(9)12)1-2-6(5)11-10/h1-3,11H,10H2,(H2,9,12). The fourth-order valence-corrected chi connectivity index (χ4v) is 0.793. The molecule has 5 nitrogen and oxygen atoms in total. The first-order valence-corrected chi connectivity index (χ1v) is 3.37. The number of carbonyl (C=O) groups is 1. The van der Waals surface area contributed by atoms with E-state index in [2.05, 4.69) is 10.2 Å². The van der Waals surface area contributed by atoms with E-state index >= 15 is 0 Å². The number of nitrogens with two attached hydrogens (primary N) is 2. The van der Waals surface area contributed by atoms with Crippen LogP contribution in [0.3, 0.4) is 0 Å². The van der Waals surface area contributed by atoms with Gasteiger partial charge in [0.15, 0.2) is 5.82 Å². The van der Waals surface area contributed by atoms with E-state index in [1.54, 1.807) is 0 Å². The summed E-state index contributed by atoms with van der Waals surface area (Å²) < 4.78 is 17.4. The molecule has 0 heterocycles. The summed E-state index contributed by atoms with van der Waals surface area (Å²) in [4.78, 5) is 10.3. The van der Waals surface area contributed by atoms with Gasteiger partial charge in [-0.2, -0.15) is 0 Å². The topological polar surface area (TPSA) is 90.4 Å². The van der Waals surface area contributed by atoms with Crippen molar-refractivity contribution in [1.82, 2.24) is 0 Å². The minimum atomic E-state index is -0.993. The van der Waals surface area contributed by atoms with Crippen LogP contribution in [0.15, 0.2) is 18.2 Å². The van der Waals surface area contributed by atoms with Gasteiger partial charge in [0.05, 0.1) is 5.69 Å². The molecular formula is C7H8FN3O2. The van der Waals surface area contributed by atoms with Crippen molar-refractivity contribution in [2.75, 3.05) is 5.43 Å². The predicted molar refractivity (Wildman–Crippen MR) is 44.4 cm³/mol. The van der Waals surface area contributed by atoms with Crippen LogP contribution < -0.4 is 21.7 Å². The molecule has 0 aliphatic heterocycles. The van der Waals surface area contributed by atoms with E-state index < -0.39 is 11.9 Å². The number of ether oxygens (including phenoxy) is 1. The van der Waals surface area contributed by atoms with Crippen molar-refractivity contribution in [3.63, 3.8) is 0 Å². The molecule has 0 saturated heterocycles. The van der Waals surface area contributed by atoms with Crippen molar-refractivity contribution in [3.05, 3.63) is 24.0 Å². The molecule has 1 amide bonds. The van der Waals surface area contributed by atoms with Crippen LogP contribution >= 0.6 is 0 Å². The summed E-state index contributed by atoms with van der Waals surface area (Å²) in [6.07, 6.45) is -0.993. The van der Waals surface area contributed by atoms with Crippen LogP contribution in [0.4, 0.5) is 14.9 Å². The third kappa shape index (κ3) is 2.31. The van der Waals surface area contributed by atoms with Crippen LogP contribution in [-0.4, -0.2) is 6.09 Å². The van der Waals surface area contributed by atoms with Gasteiger partial charge < -0.3 is 15.9 Å². The Labute approximate surface area is 73.4 Å². The quantitative estimate of drug-likeness (QED) is 0.464. The maximum atomic E-state index is 12.9. The molecule has 0 bridgehead atoms. The van der Waals surface area contributed by atoms with E-state index in [0.29, 0.717) is 0 Å². The number of carbonyl (C=O) groups excluding carboxylic acids is 1. The summed E-state index contributed by atoms with van der Waals surface area (Å²) in [7, 11) is 0. The van der Waals surface area contributed by atoms with Gasteiger partial charge in [0.25, 0.3) is 0 Å². The Morgan fingerprint density at radius 1 is 1.54 bits per heavy atom. The summed E-state index contributed by atoms with van der Waals surface area (Å²) >= 11 is 0. The number of rotatable bonds is 2. The van der Waals surface area contributed by atoms with E-state index in [9.17, 15) is 9.18 Å². The number of nitrogens with one attached hydrogen (secondary N) is 1. The maximum absolute atomic E-state index is 12.9. The number of hydrazine groups is 1. The monoisotopic (exact) mass is 185 g/mol. The second kappa shape index (κ2) is 3.72. The van der Waals surface area contributed by atoms with E-state index in [0.717, 1.165) is 6.07 Å². The van der Waals surface area contributed by atoms with Gasteiger partial charge in [-0.25, -0.2) is 9.18 Å². The number of nitrogen functional groups attached to an aromatic ring is 1. The normalized spacial score (nSPS) is 9.38. The maximum Gasteiger partial charge on any atom is 0.409 e. The Morgan fingerprint density at radius 3 is 2.69 bits per heavy atom. The van der Waals surface area contributed by atoms with Gasteiger partial charge >= 0.3 is 6.09 Å². The minimum absolute atomic E-state index is 0.0315. The van der Waals surface area contributed by atoms with Crippen molar-refractivity contribution in [2.45, 2.75) is 0 Å². The zero-order chi connectivity index (χ0) is 9.84. The summed E-state index contributed by atoms with van der Waals surface area (Å²) in [5.74, 6) is 4.39. The smallest absolute Gasteiger partial charge is 0.409 e. The SMILES string of the molecule is NNc1ccc(OC(N)=O)cc1F. The van der Waals surface area contributed by atoms with Crippen molar-refractivity contribution in [2.24, 2.45) is 11.6 Å². The Balaban J connectivity index is 2.89. The molecule has 1 rings (SSSR count). The highest BCUT2D eigenvalue weighted by Crippen LogP contribution is 2.19. The molecule has 13 heavy (non-hydrogen) atoms. The summed E-state index contributed by atoms with van der Waals surface area (Å²) in [6.45, 7) is 0. The van der Waals surface area contributed by atoms with E-state index in [4.69, 9.17) is 11.6 Å². The van der Waals surface area contributed by atoms with Gasteiger partial charge in [-0.05, 0) is 12.1 Å². The van der Waals surface area contributed by atoms with Gasteiger partial charge in [-0.3, -0.25) is 5.84 Å². The summed E-state index contributed by atoms with van der Waals surface area (Å²) in [5, 5.41) is 0. The second-order valence-electron chi connectivity index (χ2n) is 2.21. The molecule has 1 aromatic rings. The molecule has 0 aliphatic carbocycles. The Morgan fingerprint density at radius 2 is 2.23 bits per heavy atom. The predicted octanol–water partition coefficient (Wildman–Crippen LogP) is 0.569. The first-order valence-electron chi connectivity index (χ1n) is 3.37. The fourth-order valence-electron chi connectivity index (χ4n) is 0.793. The van der Waals surface area contributed by atoms with Crippen LogP contribution in [-0.2, 0) is 0 Å². The number of hydrogen-bond donors (Lipinski definition) is 3. The lowest BCUT2D eigenvalue weighted by atomic mass is 10.3. The highest BCUT2D eigenvalue weighted by Gasteiger charge is 2.04. The highest BCUT2D eigenvalue weighted by atomic mass is 19.1. The highest BCUT2D eigenvalue weighted by molar-refractivity contribution is 5.68. The largest absolute Gasteiger partial charge is 0.410 e. The third-order valence-corrected chi connectivity index (χ3v) is 1.31. The van der Waals surface area contributed by atoms with Gasteiger partial charge in [-0.1, -0.05) is 0 Å². The average Bonchev–Trinajstić information content (AvgIpc) is 2.03. The number of primary amides is 1. The molecule has 1 aromatic carbocycles. The lowest BCUT2D eigenvalue weighted by molar-refractivity contribution is 0.210. The first-order chi connectivity index (χ1) is 6.13. The molecule has 5 N–H and O–H groups in total. The molecule has 0 aromatic heterocycles. The van der Waals surface area contributed by atoms with E-state index in [1.165, 1.54) is 12.1 Å². The van der Waals surface area contributed by atoms with Crippen molar-refractivity contribution in [3.8, 4) is 5.75 Å². The molecule has 0 spiro atoms. The molecule has 0 unspecified atom stereocenters. The van der Waals surface area contributed by atoms with Crippen LogP contribution in [0.2, 0.25) is 0 Å². The number of hydrogen-bond acceptors (Lipinski definition) is 4. The molecule has 6 heteroatoms. The van der Waals surface area contributed by atoms with Crippen LogP contribution in [0, 0.1) is 5.82 Å². The number of halogens is 1. The number of anilines is 1. The van der Waals surface area contributed by atoms with Crippen LogP contribution in [0.25, 0.3) is 0 Å². The molecule has 0 radical (unpaired) electrons. The van der Waals surface area contributed by atoms with Crippen molar-refractivity contribution in [1.29, 1.82) is 0 Å². The summed E-state index contributed by atoms with van der Waals surface area (Å²) in [5.41, 5.74) is 6.96. The number of benzene rings is 1. The molecule has 70 valence electrons. The van der Waals surface area contributed by atoms with E-state index in [1.807, 2.05) is 0 Å². The van der Waals surface area contributed by atoms with Gasteiger partial charge in [0.2, 0.25) is 0 Å². The minimum Gasteiger partial charge on any atom is -0.410 e. The third-order valence-electron chi connectivity index (χ3n) is 1.31. The van der Waals surface area contributed by atoms with Gasteiger partial charge in [0, 0.05) is 6.07 Å². The average molecular weight is 185 g/mol. The van der Waals surface area contributed by atoms with Crippen molar-refractivity contribution >= 4 is 11.8 Å². The molecule has 0 fully saturated rings. The second-order valence-corrected chi connectivity index (χ2v) is 2.21. The molecular weight excluding hydrogens is 177 g/mol. The molecule has 0 atom stereocenters. The van der Waals surface area contributed by atoms with Gasteiger partial charge in [0.1, 0.15) is 5.75 Å². The lowest BCUT2D eigenvalue weighted by Crippen LogP contribution is -2.16. The van der Waals surface area contributed by atoms with E-state index in [-0.39, 0.29) is 11.4 Å². The lowest BCUT2D eigenvalue weighted by Gasteiger charge is -2.04. The Bertz CT molecular complexity index is 330. The molecule has 0 aliphatic rings. The first kappa shape index (κ1) is 9.27.